The van der Waals surface area contributed by atoms with Crippen LogP contribution in [-0.4, -0.2) is 22.2 Å². The maximum Gasteiger partial charge on any atom is 0.287 e. The highest BCUT2D eigenvalue weighted by Gasteiger charge is 2.48. The van der Waals surface area contributed by atoms with Crippen LogP contribution in [0.1, 0.15) is 42.3 Å². The lowest BCUT2D eigenvalue weighted by molar-refractivity contribution is 0.0131. The second-order valence-electron chi connectivity index (χ2n) is 6.40. The van der Waals surface area contributed by atoms with Crippen molar-refractivity contribution in [1.29, 1.82) is 0 Å². The first-order valence-electron chi connectivity index (χ1n) is 7.40. The fraction of sp³-hybridized carbons (Fsp3) is 0.500. The van der Waals surface area contributed by atoms with Crippen molar-refractivity contribution < 1.29 is 18.8 Å². The minimum Gasteiger partial charge on any atom is -0.459 e. The Labute approximate surface area is 128 Å². The molecule has 1 amide bonds. The van der Waals surface area contributed by atoms with Gasteiger partial charge in [-0.15, -0.1) is 0 Å². The molecule has 0 aliphatic heterocycles. The molecule has 3 rings (SSSR count). The summed E-state index contributed by atoms with van der Waals surface area (Å²) in [7, 11) is 0. The second-order valence-corrected chi connectivity index (χ2v) is 6.40. The van der Waals surface area contributed by atoms with Crippen molar-refractivity contribution in [3.8, 4) is 0 Å². The van der Waals surface area contributed by atoms with E-state index in [4.69, 9.17) is 14.0 Å². The number of amides is 1. The monoisotopic (exact) mass is 304 g/mol. The van der Waals surface area contributed by atoms with Crippen LogP contribution in [0.5, 0.6) is 0 Å². The molecular formula is C16H20N2O4. The van der Waals surface area contributed by atoms with Gasteiger partial charge in [-0.05, 0) is 36.3 Å². The Morgan fingerprint density at radius 1 is 1.55 bits per heavy atom. The number of hydrogen-bond donors (Lipinski definition) is 2. The van der Waals surface area contributed by atoms with E-state index in [2.05, 4.69) is 24.3 Å². The summed E-state index contributed by atoms with van der Waals surface area (Å²) < 4.78 is 10.1. The summed E-state index contributed by atoms with van der Waals surface area (Å²) in [6, 6.07) is 5.25. The molecule has 0 spiro atoms. The average molecular weight is 304 g/mol. The number of furan rings is 1. The third kappa shape index (κ3) is 2.66. The van der Waals surface area contributed by atoms with Crippen molar-refractivity contribution in [2.24, 2.45) is 11.3 Å². The van der Waals surface area contributed by atoms with Gasteiger partial charge in [-0.1, -0.05) is 19.0 Å². The number of carbonyl (C=O) groups excluding carboxylic acids is 1. The molecular weight excluding hydrogens is 284 g/mol. The predicted octanol–water partition coefficient (Wildman–Crippen LogP) is 2.15. The highest BCUT2D eigenvalue weighted by Crippen LogP contribution is 2.47. The molecule has 1 saturated carbocycles. The van der Waals surface area contributed by atoms with Gasteiger partial charge in [0.25, 0.3) is 5.91 Å². The van der Waals surface area contributed by atoms with E-state index in [1.54, 1.807) is 18.2 Å². The standard InChI is InChI=1S/C16H20N2O4/c1-16(2)10(6-11-8-12(9-19)22-18-11)7-14(16)17-15(20)13-4-3-5-21-13/h3-5,8,10,14,19H,6-7,9H2,1-2H3,(H,17,20). The van der Waals surface area contributed by atoms with Gasteiger partial charge in [-0.3, -0.25) is 4.79 Å². The molecule has 118 valence electrons. The number of rotatable bonds is 5. The summed E-state index contributed by atoms with van der Waals surface area (Å²) in [6.07, 6.45) is 3.16. The van der Waals surface area contributed by atoms with E-state index >= 15 is 0 Å². The van der Waals surface area contributed by atoms with E-state index < -0.39 is 0 Å². The summed E-state index contributed by atoms with van der Waals surface area (Å²) in [5.41, 5.74) is 0.818. The first kappa shape index (κ1) is 14.8. The quantitative estimate of drug-likeness (QED) is 0.883. The number of nitrogens with zero attached hydrogens (tertiary/aromatic N) is 1. The van der Waals surface area contributed by atoms with Crippen molar-refractivity contribution in [2.75, 3.05) is 0 Å². The molecule has 1 fully saturated rings. The van der Waals surface area contributed by atoms with Crippen LogP contribution < -0.4 is 5.32 Å². The van der Waals surface area contributed by atoms with E-state index in [-0.39, 0.29) is 24.0 Å². The molecule has 6 heteroatoms. The zero-order valence-electron chi connectivity index (χ0n) is 12.7. The maximum absolute atomic E-state index is 12.0. The zero-order valence-corrected chi connectivity index (χ0v) is 12.7. The summed E-state index contributed by atoms with van der Waals surface area (Å²) in [5, 5.41) is 16.0. The van der Waals surface area contributed by atoms with Crippen molar-refractivity contribution in [2.45, 2.75) is 39.3 Å². The minimum atomic E-state index is -0.175. The smallest absolute Gasteiger partial charge is 0.287 e. The Bertz CT molecular complexity index is 645. The predicted molar refractivity (Wildman–Crippen MR) is 78.0 cm³/mol. The largest absolute Gasteiger partial charge is 0.459 e. The highest BCUT2D eigenvalue weighted by molar-refractivity contribution is 5.91. The van der Waals surface area contributed by atoms with Crippen molar-refractivity contribution >= 4 is 5.91 Å². The summed E-state index contributed by atoms with van der Waals surface area (Å²) in [5.74, 6) is 1.05. The van der Waals surface area contributed by atoms with Crippen molar-refractivity contribution in [3.63, 3.8) is 0 Å². The first-order chi connectivity index (χ1) is 10.5. The maximum atomic E-state index is 12.0. The van der Waals surface area contributed by atoms with E-state index in [0.717, 1.165) is 18.5 Å². The molecule has 0 saturated heterocycles. The van der Waals surface area contributed by atoms with E-state index in [0.29, 0.717) is 17.4 Å². The Morgan fingerprint density at radius 2 is 2.36 bits per heavy atom. The Balaban J connectivity index is 1.58. The molecule has 0 aromatic carbocycles. The molecule has 2 unspecified atom stereocenters. The Kier molecular flexibility index (Phi) is 3.78. The number of aliphatic hydroxyl groups excluding tert-OH is 1. The molecule has 2 aromatic rings. The van der Waals surface area contributed by atoms with Crippen LogP contribution in [0.4, 0.5) is 0 Å². The van der Waals surface area contributed by atoms with Crippen molar-refractivity contribution in [1.82, 2.24) is 10.5 Å². The van der Waals surface area contributed by atoms with Gasteiger partial charge in [0.15, 0.2) is 11.5 Å². The minimum absolute atomic E-state index is 0.0272. The first-order valence-corrected chi connectivity index (χ1v) is 7.40. The van der Waals surface area contributed by atoms with Gasteiger partial charge in [0.1, 0.15) is 6.61 Å². The normalized spacial score (nSPS) is 23.0. The lowest BCUT2D eigenvalue weighted by Crippen LogP contribution is -2.58. The van der Waals surface area contributed by atoms with Crippen LogP contribution >= 0.6 is 0 Å². The third-order valence-electron chi connectivity index (χ3n) is 4.74. The molecule has 1 aliphatic rings. The lowest BCUT2D eigenvalue weighted by atomic mass is 9.57. The molecule has 2 aromatic heterocycles. The molecule has 22 heavy (non-hydrogen) atoms. The number of hydrogen-bond acceptors (Lipinski definition) is 5. The van der Waals surface area contributed by atoms with E-state index in [9.17, 15) is 4.79 Å². The number of carbonyl (C=O) groups is 1. The van der Waals surface area contributed by atoms with Crippen LogP contribution in [-0.2, 0) is 13.0 Å². The van der Waals surface area contributed by atoms with Gasteiger partial charge < -0.3 is 19.4 Å². The van der Waals surface area contributed by atoms with Crippen LogP contribution in [0.3, 0.4) is 0 Å². The summed E-state index contributed by atoms with van der Waals surface area (Å²) in [4.78, 5) is 12.0. The number of aliphatic hydroxyl groups is 1. The molecule has 2 atom stereocenters. The average Bonchev–Trinajstić information content (AvgIpc) is 3.17. The molecule has 1 aliphatic carbocycles. The third-order valence-corrected chi connectivity index (χ3v) is 4.74. The Morgan fingerprint density at radius 3 is 2.95 bits per heavy atom. The molecule has 6 nitrogen and oxygen atoms in total. The number of nitrogens with one attached hydrogen (secondary N) is 1. The van der Waals surface area contributed by atoms with E-state index in [1.165, 1.54) is 6.26 Å². The Hall–Kier alpha value is -2.08. The second kappa shape index (κ2) is 5.61. The topological polar surface area (TPSA) is 88.5 Å². The van der Waals surface area contributed by atoms with Gasteiger partial charge in [-0.25, -0.2) is 0 Å². The van der Waals surface area contributed by atoms with Gasteiger partial charge in [0, 0.05) is 12.1 Å². The van der Waals surface area contributed by atoms with Gasteiger partial charge in [0.2, 0.25) is 0 Å². The van der Waals surface area contributed by atoms with Crippen LogP contribution in [0, 0.1) is 11.3 Å². The highest BCUT2D eigenvalue weighted by atomic mass is 16.5. The molecule has 0 bridgehead atoms. The van der Waals surface area contributed by atoms with Gasteiger partial charge in [-0.2, -0.15) is 0 Å². The fourth-order valence-electron chi connectivity index (χ4n) is 3.02. The van der Waals surface area contributed by atoms with Gasteiger partial charge >= 0.3 is 0 Å². The number of aromatic nitrogens is 1. The fourth-order valence-corrected chi connectivity index (χ4v) is 3.02. The zero-order chi connectivity index (χ0) is 15.7. The SMILES string of the molecule is CC1(C)C(Cc2cc(CO)on2)CC1NC(=O)c1ccco1. The van der Waals surface area contributed by atoms with E-state index in [1.807, 2.05) is 0 Å². The van der Waals surface area contributed by atoms with Crippen molar-refractivity contribution in [3.05, 3.63) is 41.7 Å². The van der Waals surface area contributed by atoms with Crippen LogP contribution in [0.2, 0.25) is 0 Å². The lowest BCUT2D eigenvalue weighted by Gasteiger charge is -2.52. The summed E-state index contributed by atoms with van der Waals surface area (Å²) >= 11 is 0. The van der Waals surface area contributed by atoms with Crippen LogP contribution in [0.15, 0.2) is 33.4 Å². The van der Waals surface area contributed by atoms with Crippen LogP contribution in [0.25, 0.3) is 0 Å². The summed E-state index contributed by atoms with van der Waals surface area (Å²) in [6.45, 7) is 4.14. The van der Waals surface area contributed by atoms with Gasteiger partial charge in [0.05, 0.1) is 12.0 Å². The molecule has 2 N–H and O–H groups in total. The molecule has 2 heterocycles. The molecule has 0 radical (unpaired) electrons.